The van der Waals surface area contributed by atoms with E-state index < -0.39 is 23.6 Å². The quantitative estimate of drug-likeness (QED) is 0.508. The summed E-state index contributed by atoms with van der Waals surface area (Å²) in [6.07, 6.45) is -4.06. The number of hydrogen-bond donors (Lipinski definition) is 1. The van der Waals surface area contributed by atoms with Gasteiger partial charge in [-0.05, 0) is 42.7 Å². The van der Waals surface area contributed by atoms with E-state index in [4.69, 9.17) is 0 Å². The lowest BCUT2D eigenvalue weighted by Gasteiger charge is -2.15. The van der Waals surface area contributed by atoms with Gasteiger partial charge in [0.2, 0.25) is 0 Å². The van der Waals surface area contributed by atoms with Gasteiger partial charge in [0.15, 0.2) is 0 Å². The van der Waals surface area contributed by atoms with E-state index in [2.05, 4.69) is 5.32 Å². The molecule has 3 aromatic carbocycles. The zero-order valence-electron chi connectivity index (χ0n) is 17.8. The zero-order chi connectivity index (χ0) is 23.6. The Balaban J connectivity index is 1.69. The van der Waals surface area contributed by atoms with Gasteiger partial charge in [-0.2, -0.15) is 13.2 Å². The fourth-order valence-corrected chi connectivity index (χ4v) is 3.69. The molecule has 0 unspecified atom stereocenters. The first-order valence-corrected chi connectivity index (χ1v) is 10.4. The molecule has 0 fully saturated rings. The Morgan fingerprint density at radius 3 is 2.21 bits per heavy atom. The monoisotopic (exact) mass is 450 g/mol. The van der Waals surface area contributed by atoms with Crippen LogP contribution in [0.3, 0.4) is 0 Å². The number of benzene rings is 3. The van der Waals surface area contributed by atoms with Gasteiger partial charge >= 0.3 is 6.18 Å². The summed E-state index contributed by atoms with van der Waals surface area (Å²) in [6, 6.07) is 21.1. The average Bonchev–Trinajstić information content (AvgIpc) is 3.02. The lowest BCUT2D eigenvalue weighted by molar-refractivity contribution is -0.138. The summed E-state index contributed by atoms with van der Waals surface area (Å²) in [6.45, 7) is 2.05. The van der Waals surface area contributed by atoms with E-state index in [1.54, 1.807) is 12.1 Å². The predicted molar refractivity (Wildman–Crippen MR) is 120 cm³/mol. The lowest BCUT2D eigenvalue weighted by Crippen LogP contribution is -2.34. The summed E-state index contributed by atoms with van der Waals surface area (Å²) in [4.78, 5) is 27.7. The topological polar surface area (TPSA) is 49.4 Å². The maximum absolute atomic E-state index is 13.3. The molecule has 4 nitrogen and oxygen atoms in total. The van der Waals surface area contributed by atoms with Crippen molar-refractivity contribution in [2.24, 2.45) is 0 Å². The first-order valence-electron chi connectivity index (χ1n) is 10.4. The van der Waals surface area contributed by atoms with Crippen LogP contribution >= 0.6 is 0 Å². The number of rotatable bonds is 6. The summed E-state index contributed by atoms with van der Waals surface area (Å²) < 4.78 is 39.5. The molecule has 3 aromatic rings. The molecule has 0 bridgehead atoms. The molecule has 0 saturated heterocycles. The minimum atomic E-state index is -4.52. The summed E-state index contributed by atoms with van der Waals surface area (Å²) in [7, 11) is 0. The Kier molecular flexibility index (Phi) is 6.05. The summed E-state index contributed by atoms with van der Waals surface area (Å²) >= 11 is 0. The van der Waals surface area contributed by atoms with Gasteiger partial charge in [-0.3, -0.25) is 14.5 Å². The number of aryl methyl sites for hydroxylation is 1. The third kappa shape index (κ3) is 4.82. The first-order chi connectivity index (χ1) is 15.7. The number of imide groups is 1. The molecule has 0 aromatic heterocycles. The molecule has 1 N–H and O–H groups in total. The highest BCUT2D eigenvalue weighted by atomic mass is 19.4. The predicted octanol–water partition coefficient (Wildman–Crippen LogP) is 5.45. The number of anilines is 1. The Labute approximate surface area is 189 Å². The van der Waals surface area contributed by atoms with E-state index in [1.807, 2.05) is 49.4 Å². The van der Waals surface area contributed by atoms with Crippen LogP contribution in [-0.2, 0) is 22.2 Å². The molecular weight excluding hydrogens is 429 g/mol. The van der Waals surface area contributed by atoms with Crippen LogP contribution in [0.25, 0.3) is 5.57 Å². The van der Waals surface area contributed by atoms with E-state index in [-0.39, 0.29) is 23.5 Å². The van der Waals surface area contributed by atoms with Gasteiger partial charge in [-0.25, -0.2) is 0 Å². The minimum Gasteiger partial charge on any atom is -0.350 e. The van der Waals surface area contributed by atoms with Gasteiger partial charge in [0.1, 0.15) is 5.70 Å². The van der Waals surface area contributed by atoms with Gasteiger partial charge in [-0.1, -0.05) is 66.2 Å². The van der Waals surface area contributed by atoms with Crippen molar-refractivity contribution < 1.29 is 22.8 Å². The van der Waals surface area contributed by atoms with E-state index in [9.17, 15) is 22.8 Å². The van der Waals surface area contributed by atoms with Crippen LogP contribution in [-0.4, -0.2) is 23.3 Å². The van der Waals surface area contributed by atoms with E-state index in [0.717, 1.165) is 28.2 Å². The second-order valence-corrected chi connectivity index (χ2v) is 7.82. The van der Waals surface area contributed by atoms with Gasteiger partial charge in [-0.15, -0.1) is 0 Å². The molecule has 168 valence electrons. The fraction of sp³-hybridized carbons (Fsp3) is 0.154. The molecular formula is C26H21F3N2O2. The van der Waals surface area contributed by atoms with Crippen molar-refractivity contribution in [3.05, 3.63) is 107 Å². The molecule has 2 amide bonds. The molecule has 1 aliphatic heterocycles. The maximum Gasteiger partial charge on any atom is 0.416 e. The molecule has 0 saturated carbocycles. The van der Waals surface area contributed by atoms with Gasteiger partial charge in [0.05, 0.1) is 11.1 Å². The number of alkyl halides is 3. The Hall–Kier alpha value is -3.87. The van der Waals surface area contributed by atoms with E-state index in [0.29, 0.717) is 12.0 Å². The smallest absolute Gasteiger partial charge is 0.350 e. The molecule has 33 heavy (non-hydrogen) atoms. The zero-order valence-corrected chi connectivity index (χ0v) is 17.8. The average molecular weight is 450 g/mol. The molecule has 0 radical (unpaired) electrons. The summed E-state index contributed by atoms with van der Waals surface area (Å²) in [5.41, 5.74) is 1.81. The molecule has 1 aliphatic rings. The molecule has 7 heteroatoms. The van der Waals surface area contributed by atoms with Gasteiger partial charge < -0.3 is 5.32 Å². The van der Waals surface area contributed by atoms with Crippen molar-refractivity contribution in [2.75, 3.05) is 11.9 Å². The fourth-order valence-electron chi connectivity index (χ4n) is 3.69. The van der Waals surface area contributed by atoms with Crippen molar-refractivity contribution in [3.63, 3.8) is 0 Å². The van der Waals surface area contributed by atoms with Crippen molar-refractivity contribution in [1.82, 2.24) is 4.90 Å². The normalized spacial score (nSPS) is 14.2. The second-order valence-electron chi connectivity index (χ2n) is 7.82. The lowest BCUT2D eigenvalue weighted by atomic mass is 10.0. The molecule has 4 rings (SSSR count). The van der Waals surface area contributed by atoms with Crippen LogP contribution in [0.4, 0.5) is 18.9 Å². The number of carbonyl (C=O) groups is 2. The van der Waals surface area contributed by atoms with Crippen LogP contribution in [0.5, 0.6) is 0 Å². The van der Waals surface area contributed by atoms with Crippen molar-refractivity contribution in [2.45, 2.75) is 19.5 Å². The van der Waals surface area contributed by atoms with Gasteiger partial charge in [0.25, 0.3) is 11.8 Å². The maximum atomic E-state index is 13.3. The first kappa shape index (κ1) is 22.3. The van der Waals surface area contributed by atoms with Crippen LogP contribution in [0.15, 0.2) is 84.6 Å². The van der Waals surface area contributed by atoms with E-state index in [1.165, 1.54) is 12.1 Å². The van der Waals surface area contributed by atoms with Crippen molar-refractivity contribution in [3.8, 4) is 0 Å². The number of carbonyl (C=O) groups excluding carboxylic acids is 2. The summed E-state index contributed by atoms with van der Waals surface area (Å²) in [5, 5.41) is 2.79. The molecule has 0 aliphatic carbocycles. The highest BCUT2D eigenvalue weighted by Gasteiger charge is 2.39. The third-order valence-electron chi connectivity index (χ3n) is 5.43. The largest absolute Gasteiger partial charge is 0.416 e. The third-order valence-corrected chi connectivity index (χ3v) is 5.43. The number of nitrogens with zero attached hydrogens (tertiary/aromatic N) is 1. The Bertz CT molecular complexity index is 1220. The van der Waals surface area contributed by atoms with Gasteiger partial charge in [0, 0.05) is 12.2 Å². The minimum absolute atomic E-state index is 0.0313. The molecule has 0 spiro atoms. The standard InChI is InChI=1S/C26H21F3N2O2/c1-17-10-12-19(13-11-17)22-23(30-21-9-5-8-20(16-21)26(27,28)29)25(33)31(24(22)32)15-14-18-6-3-2-4-7-18/h2-13,16,30H,14-15H2,1H3. The van der Waals surface area contributed by atoms with Crippen molar-refractivity contribution in [1.29, 1.82) is 0 Å². The Morgan fingerprint density at radius 2 is 1.55 bits per heavy atom. The number of hydrogen-bond acceptors (Lipinski definition) is 3. The highest BCUT2D eigenvalue weighted by Crippen LogP contribution is 2.34. The van der Waals surface area contributed by atoms with Crippen LogP contribution < -0.4 is 5.32 Å². The number of halogens is 3. The van der Waals surface area contributed by atoms with Crippen LogP contribution in [0.1, 0.15) is 22.3 Å². The SMILES string of the molecule is Cc1ccc(C2=C(Nc3cccc(C(F)(F)F)c3)C(=O)N(CCc3ccccc3)C2=O)cc1. The van der Waals surface area contributed by atoms with Crippen molar-refractivity contribution >= 4 is 23.1 Å². The Morgan fingerprint density at radius 1 is 0.848 bits per heavy atom. The number of nitrogens with one attached hydrogen (secondary N) is 1. The van der Waals surface area contributed by atoms with Crippen LogP contribution in [0, 0.1) is 6.92 Å². The highest BCUT2D eigenvalue weighted by molar-refractivity contribution is 6.36. The second kappa shape index (κ2) is 8.94. The summed E-state index contributed by atoms with van der Waals surface area (Å²) in [5.74, 6) is -1.04. The van der Waals surface area contributed by atoms with E-state index >= 15 is 0 Å². The molecule has 0 atom stereocenters. The molecule has 1 heterocycles. The number of amides is 2. The van der Waals surface area contributed by atoms with Crippen LogP contribution in [0.2, 0.25) is 0 Å².